The summed E-state index contributed by atoms with van der Waals surface area (Å²) in [7, 11) is 0. The van der Waals surface area contributed by atoms with Crippen LogP contribution in [0.5, 0.6) is 0 Å². The number of alkyl halides is 3. The van der Waals surface area contributed by atoms with Crippen LogP contribution in [0.1, 0.15) is 27.7 Å². The average Bonchev–Trinajstić information content (AvgIpc) is 3.18. The van der Waals surface area contributed by atoms with Crippen molar-refractivity contribution in [3.05, 3.63) is 38.5 Å². The summed E-state index contributed by atoms with van der Waals surface area (Å²) >= 11 is 3.07. The summed E-state index contributed by atoms with van der Waals surface area (Å²) in [5.41, 5.74) is 0. The highest BCUT2D eigenvalue weighted by molar-refractivity contribution is 7.11. The molecule has 2 rings (SSSR count). The number of carbonyl (C=O) groups is 2. The van der Waals surface area contributed by atoms with Crippen molar-refractivity contribution in [3.8, 4) is 0 Å². The van der Waals surface area contributed by atoms with Gasteiger partial charge in [-0.3, -0.25) is 10.1 Å². The van der Waals surface area contributed by atoms with E-state index in [0.29, 0.717) is 6.54 Å². The number of aromatic nitrogens is 1. The van der Waals surface area contributed by atoms with Crippen molar-refractivity contribution in [3.63, 3.8) is 0 Å². The molecule has 25 heavy (non-hydrogen) atoms. The Kier molecular flexibility index (Phi) is 8.00. The van der Waals surface area contributed by atoms with Crippen LogP contribution in [-0.2, 0) is 22.6 Å². The lowest BCUT2D eigenvalue weighted by atomic mass is 10.2. The smallest absolute Gasteiger partial charge is 0.480 e. The lowest BCUT2D eigenvalue weighted by molar-refractivity contribution is -0.192. The summed E-state index contributed by atoms with van der Waals surface area (Å²) in [4.78, 5) is 26.2. The molecule has 3 N–H and O–H groups in total. The number of nitrogens with zero attached hydrogens (tertiary/aromatic N) is 1. The summed E-state index contributed by atoms with van der Waals surface area (Å²) in [6.45, 7) is 2.59. The molecule has 6 nitrogen and oxygen atoms in total. The second-order valence-corrected chi connectivity index (χ2v) is 6.72. The van der Waals surface area contributed by atoms with Crippen molar-refractivity contribution >= 4 is 34.6 Å². The molecule has 0 aliphatic carbocycles. The number of rotatable bonds is 6. The lowest BCUT2D eigenvalue weighted by Gasteiger charge is -2.11. The molecule has 138 valence electrons. The summed E-state index contributed by atoms with van der Waals surface area (Å²) in [5.74, 6) is -3.61. The van der Waals surface area contributed by atoms with E-state index in [9.17, 15) is 23.1 Å². The second-order valence-electron chi connectivity index (χ2n) is 4.54. The van der Waals surface area contributed by atoms with Gasteiger partial charge in [0.05, 0.1) is 5.01 Å². The van der Waals surface area contributed by atoms with Gasteiger partial charge >= 0.3 is 18.1 Å². The highest BCUT2D eigenvalue weighted by atomic mass is 32.1. The normalized spacial score (nSPS) is 12.2. The van der Waals surface area contributed by atoms with E-state index in [1.54, 1.807) is 11.3 Å². The Hall–Kier alpha value is -1.98. The number of aryl methyl sites for hydroxylation is 1. The van der Waals surface area contributed by atoms with E-state index < -0.39 is 24.2 Å². The molecule has 0 radical (unpaired) electrons. The van der Waals surface area contributed by atoms with Crippen LogP contribution in [-0.4, -0.2) is 33.3 Å². The van der Waals surface area contributed by atoms with Crippen LogP contribution in [0.3, 0.4) is 0 Å². The summed E-state index contributed by atoms with van der Waals surface area (Å²) in [6.07, 6.45) is -2.36. The molecule has 2 aromatic heterocycles. The first-order valence-electron chi connectivity index (χ1n) is 6.88. The first-order chi connectivity index (χ1) is 11.6. The molecule has 0 bridgehead atoms. The minimum Gasteiger partial charge on any atom is -0.480 e. The Labute approximate surface area is 149 Å². The molecule has 1 unspecified atom stereocenters. The van der Waals surface area contributed by atoms with Crippen molar-refractivity contribution in [2.45, 2.75) is 32.1 Å². The van der Waals surface area contributed by atoms with Crippen molar-refractivity contribution in [1.82, 2.24) is 10.3 Å². The molecule has 0 saturated carbocycles. The third-order valence-electron chi connectivity index (χ3n) is 2.70. The molecule has 0 fully saturated rings. The second kappa shape index (κ2) is 9.49. The molecule has 0 aliphatic rings. The first kappa shape index (κ1) is 21.1. The Morgan fingerprint density at radius 1 is 1.36 bits per heavy atom. The monoisotopic (exact) mass is 396 g/mol. The minimum atomic E-state index is -5.08. The van der Waals surface area contributed by atoms with Crippen LogP contribution in [0, 0.1) is 0 Å². The molecular weight excluding hydrogens is 381 g/mol. The van der Waals surface area contributed by atoms with Crippen LogP contribution < -0.4 is 5.32 Å². The molecular formula is C14H15F3N2O4S2. The van der Waals surface area contributed by atoms with Gasteiger partial charge in [-0.25, -0.2) is 9.78 Å². The average molecular weight is 396 g/mol. The zero-order chi connectivity index (χ0) is 19.0. The summed E-state index contributed by atoms with van der Waals surface area (Å²) < 4.78 is 31.7. The summed E-state index contributed by atoms with van der Waals surface area (Å²) in [6, 6.07) is 3.05. The SMILES string of the molecule is CCc1ncc(CNC(C(=O)O)c2cccs2)s1.O=C(O)C(F)(F)F. The van der Waals surface area contributed by atoms with Crippen molar-refractivity contribution in [1.29, 1.82) is 0 Å². The number of halogens is 3. The number of hydrogen-bond donors (Lipinski definition) is 3. The quantitative estimate of drug-likeness (QED) is 0.693. The molecule has 0 aliphatic heterocycles. The predicted octanol–water partition coefficient (Wildman–Crippen LogP) is 3.32. The van der Waals surface area contributed by atoms with E-state index in [2.05, 4.69) is 17.2 Å². The van der Waals surface area contributed by atoms with Gasteiger partial charge in [-0.05, 0) is 17.9 Å². The standard InChI is InChI=1S/C12H14N2O2S2.C2HF3O2/c1-2-10-13-6-8(18-10)7-14-11(12(15)16)9-4-3-5-17-9;3-2(4,5)1(6)7/h3-6,11,14H,2,7H2,1H3,(H,15,16);(H,6,7). The lowest BCUT2D eigenvalue weighted by Crippen LogP contribution is -2.27. The molecule has 0 spiro atoms. The Morgan fingerprint density at radius 3 is 2.40 bits per heavy atom. The number of thiazole rings is 1. The Balaban J connectivity index is 0.000000381. The van der Waals surface area contributed by atoms with E-state index in [1.807, 2.05) is 23.7 Å². The Morgan fingerprint density at radius 2 is 2.00 bits per heavy atom. The highest BCUT2D eigenvalue weighted by Gasteiger charge is 2.38. The van der Waals surface area contributed by atoms with E-state index >= 15 is 0 Å². The minimum absolute atomic E-state index is 0.534. The fourth-order valence-electron chi connectivity index (χ4n) is 1.56. The summed E-state index contributed by atoms with van der Waals surface area (Å²) in [5, 5.41) is 22.4. The number of nitrogens with one attached hydrogen (secondary N) is 1. The van der Waals surface area contributed by atoms with Crippen molar-refractivity contribution in [2.75, 3.05) is 0 Å². The molecule has 11 heteroatoms. The van der Waals surface area contributed by atoms with Gasteiger partial charge in [-0.1, -0.05) is 13.0 Å². The molecule has 0 saturated heterocycles. The molecule has 2 aromatic rings. The number of aliphatic carboxylic acids is 2. The maximum absolute atomic E-state index is 11.2. The maximum Gasteiger partial charge on any atom is 0.490 e. The zero-order valence-electron chi connectivity index (χ0n) is 12.9. The van der Waals surface area contributed by atoms with E-state index in [-0.39, 0.29) is 0 Å². The molecule has 0 aromatic carbocycles. The fraction of sp³-hybridized carbons (Fsp3) is 0.357. The fourth-order valence-corrected chi connectivity index (χ4v) is 3.17. The van der Waals surface area contributed by atoms with Crippen LogP contribution in [0.4, 0.5) is 13.2 Å². The van der Waals surface area contributed by atoms with Gasteiger partial charge in [0.2, 0.25) is 0 Å². The number of carboxylic acids is 2. The van der Waals surface area contributed by atoms with Crippen LogP contribution in [0.25, 0.3) is 0 Å². The van der Waals surface area contributed by atoms with Crippen molar-refractivity contribution < 1.29 is 33.0 Å². The highest BCUT2D eigenvalue weighted by Crippen LogP contribution is 2.21. The van der Waals surface area contributed by atoms with E-state index in [0.717, 1.165) is 21.2 Å². The van der Waals surface area contributed by atoms with Crippen LogP contribution in [0.15, 0.2) is 23.7 Å². The van der Waals surface area contributed by atoms with E-state index in [4.69, 9.17) is 9.90 Å². The number of thiophene rings is 1. The Bertz CT molecular complexity index is 687. The third kappa shape index (κ3) is 7.20. The van der Waals surface area contributed by atoms with Gasteiger partial charge in [-0.2, -0.15) is 13.2 Å². The van der Waals surface area contributed by atoms with Crippen LogP contribution in [0.2, 0.25) is 0 Å². The van der Waals surface area contributed by atoms with Crippen LogP contribution >= 0.6 is 22.7 Å². The number of carboxylic acid groups (broad SMARTS) is 2. The molecule has 0 amide bonds. The van der Waals surface area contributed by atoms with Gasteiger partial charge in [-0.15, -0.1) is 22.7 Å². The van der Waals surface area contributed by atoms with Gasteiger partial charge in [0.1, 0.15) is 6.04 Å². The van der Waals surface area contributed by atoms with Gasteiger partial charge in [0.15, 0.2) is 0 Å². The largest absolute Gasteiger partial charge is 0.490 e. The van der Waals surface area contributed by atoms with Gasteiger partial charge in [0, 0.05) is 22.5 Å². The predicted molar refractivity (Wildman–Crippen MR) is 86.7 cm³/mol. The third-order valence-corrected chi connectivity index (χ3v) is 4.78. The topological polar surface area (TPSA) is 99.5 Å². The zero-order valence-corrected chi connectivity index (χ0v) is 14.5. The maximum atomic E-state index is 11.2. The van der Waals surface area contributed by atoms with Gasteiger partial charge in [0.25, 0.3) is 0 Å². The van der Waals surface area contributed by atoms with Crippen molar-refractivity contribution in [2.24, 2.45) is 0 Å². The van der Waals surface area contributed by atoms with Gasteiger partial charge < -0.3 is 10.2 Å². The molecule has 1 atom stereocenters. The number of hydrogen-bond acceptors (Lipinski definition) is 6. The first-order valence-corrected chi connectivity index (χ1v) is 8.58. The molecule has 2 heterocycles. The van der Waals surface area contributed by atoms with E-state index in [1.165, 1.54) is 11.3 Å².